The van der Waals surface area contributed by atoms with E-state index in [0.29, 0.717) is 11.3 Å². The molecule has 2 unspecified atom stereocenters. The van der Waals surface area contributed by atoms with E-state index in [9.17, 15) is 0 Å². The SMILES string of the molecule is COC1(C)CCCN(CC(CN)CC(C)(C)C)C1. The fourth-order valence-electron chi connectivity index (χ4n) is 3.08. The predicted octanol–water partition coefficient (Wildman–Crippen LogP) is 2.50. The molecule has 2 atom stereocenters. The number of methoxy groups -OCH3 is 1. The number of ether oxygens (including phenoxy) is 1. The molecular weight excluding hydrogens is 224 g/mol. The molecule has 0 aromatic rings. The van der Waals surface area contributed by atoms with Gasteiger partial charge in [-0.05, 0) is 50.6 Å². The van der Waals surface area contributed by atoms with Gasteiger partial charge >= 0.3 is 0 Å². The van der Waals surface area contributed by atoms with Crippen LogP contribution in [0.4, 0.5) is 0 Å². The minimum atomic E-state index is 0.0408. The summed E-state index contributed by atoms with van der Waals surface area (Å²) in [5, 5.41) is 0. The minimum Gasteiger partial charge on any atom is -0.377 e. The first-order valence-corrected chi connectivity index (χ1v) is 7.25. The normalized spacial score (nSPS) is 28.3. The Morgan fingerprint density at radius 1 is 1.39 bits per heavy atom. The Kier molecular flexibility index (Phi) is 5.63. The molecule has 0 spiro atoms. The van der Waals surface area contributed by atoms with Crippen molar-refractivity contribution < 1.29 is 4.74 Å². The maximum Gasteiger partial charge on any atom is 0.0777 e. The van der Waals surface area contributed by atoms with Crippen LogP contribution in [-0.4, -0.2) is 43.8 Å². The van der Waals surface area contributed by atoms with Gasteiger partial charge in [-0.15, -0.1) is 0 Å². The summed E-state index contributed by atoms with van der Waals surface area (Å²) in [6.45, 7) is 13.3. The smallest absolute Gasteiger partial charge is 0.0777 e. The van der Waals surface area contributed by atoms with Gasteiger partial charge in [-0.25, -0.2) is 0 Å². The first-order chi connectivity index (χ1) is 8.28. The van der Waals surface area contributed by atoms with Gasteiger partial charge in [0.2, 0.25) is 0 Å². The van der Waals surface area contributed by atoms with Crippen LogP contribution in [0.5, 0.6) is 0 Å². The fraction of sp³-hybridized carbons (Fsp3) is 1.00. The van der Waals surface area contributed by atoms with Crippen molar-refractivity contribution in [2.75, 3.05) is 33.3 Å². The van der Waals surface area contributed by atoms with Crippen LogP contribution in [0.3, 0.4) is 0 Å². The van der Waals surface area contributed by atoms with Crippen LogP contribution in [0, 0.1) is 11.3 Å². The Labute approximate surface area is 113 Å². The summed E-state index contributed by atoms with van der Waals surface area (Å²) in [4.78, 5) is 2.54. The summed E-state index contributed by atoms with van der Waals surface area (Å²) in [7, 11) is 1.83. The summed E-state index contributed by atoms with van der Waals surface area (Å²) >= 11 is 0. The maximum absolute atomic E-state index is 5.94. The molecular formula is C15H32N2O. The highest BCUT2D eigenvalue weighted by molar-refractivity contribution is 4.86. The summed E-state index contributed by atoms with van der Waals surface area (Å²) in [5.41, 5.74) is 6.35. The summed E-state index contributed by atoms with van der Waals surface area (Å²) in [5.74, 6) is 0.601. The molecule has 0 aromatic heterocycles. The number of rotatable bonds is 5. The van der Waals surface area contributed by atoms with E-state index in [1.165, 1.54) is 25.8 Å². The zero-order valence-electron chi connectivity index (χ0n) is 13.0. The molecule has 108 valence electrons. The van der Waals surface area contributed by atoms with E-state index >= 15 is 0 Å². The largest absolute Gasteiger partial charge is 0.377 e. The van der Waals surface area contributed by atoms with E-state index in [-0.39, 0.29) is 5.60 Å². The van der Waals surface area contributed by atoms with E-state index < -0.39 is 0 Å². The lowest BCUT2D eigenvalue weighted by Gasteiger charge is -2.41. The molecule has 1 heterocycles. The van der Waals surface area contributed by atoms with Crippen molar-refractivity contribution in [2.45, 2.75) is 52.6 Å². The van der Waals surface area contributed by atoms with Crippen molar-refractivity contribution in [3.05, 3.63) is 0 Å². The zero-order chi connectivity index (χ0) is 13.8. The highest BCUT2D eigenvalue weighted by atomic mass is 16.5. The average molecular weight is 256 g/mol. The second kappa shape index (κ2) is 6.36. The van der Waals surface area contributed by atoms with Gasteiger partial charge in [0.05, 0.1) is 5.60 Å². The van der Waals surface area contributed by atoms with Gasteiger partial charge in [0, 0.05) is 20.2 Å². The average Bonchev–Trinajstić information content (AvgIpc) is 2.26. The Bertz CT molecular complexity index is 249. The van der Waals surface area contributed by atoms with E-state index in [0.717, 1.165) is 19.6 Å². The van der Waals surface area contributed by atoms with Crippen LogP contribution in [0.2, 0.25) is 0 Å². The molecule has 1 rings (SSSR count). The number of likely N-dealkylation sites (tertiary alicyclic amines) is 1. The molecule has 0 amide bonds. The summed E-state index contributed by atoms with van der Waals surface area (Å²) < 4.78 is 5.65. The fourth-order valence-corrected chi connectivity index (χ4v) is 3.08. The number of piperidine rings is 1. The van der Waals surface area contributed by atoms with E-state index in [4.69, 9.17) is 10.5 Å². The number of hydrogen-bond donors (Lipinski definition) is 1. The van der Waals surface area contributed by atoms with Gasteiger partial charge in [-0.2, -0.15) is 0 Å². The third-order valence-electron chi connectivity index (χ3n) is 3.98. The number of hydrogen-bond acceptors (Lipinski definition) is 3. The van der Waals surface area contributed by atoms with Crippen molar-refractivity contribution in [3.63, 3.8) is 0 Å². The van der Waals surface area contributed by atoms with Gasteiger partial charge in [-0.3, -0.25) is 0 Å². The molecule has 1 aliphatic heterocycles. The quantitative estimate of drug-likeness (QED) is 0.821. The summed E-state index contributed by atoms with van der Waals surface area (Å²) in [6, 6.07) is 0. The lowest BCUT2D eigenvalue weighted by Crippen LogP contribution is -2.49. The molecule has 0 radical (unpaired) electrons. The van der Waals surface area contributed by atoms with Gasteiger partial charge in [0.25, 0.3) is 0 Å². The van der Waals surface area contributed by atoms with Gasteiger partial charge in [0.1, 0.15) is 0 Å². The van der Waals surface area contributed by atoms with Crippen molar-refractivity contribution in [3.8, 4) is 0 Å². The topological polar surface area (TPSA) is 38.5 Å². The van der Waals surface area contributed by atoms with Crippen LogP contribution in [0.15, 0.2) is 0 Å². The van der Waals surface area contributed by atoms with E-state index in [1.54, 1.807) is 0 Å². The Morgan fingerprint density at radius 3 is 2.56 bits per heavy atom. The first kappa shape index (κ1) is 15.9. The number of nitrogens with zero attached hydrogens (tertiary/aromatic N) is 1. The second-order valence-electron chi connectivity index (χ2n) is 7.36. The zero-order valence-corrected chi connectivity index (χ0v) is 13.0. The first-order valence-electron chi connectivity index (χ1n) is 7.25. The molecule has 0 aromatic carbocycles. The molecule has 1 fully saturated rings. The third-order valence-corrected chi connectivity index (χ3v) is 3.98. The Morgan fingerprint density at radius 2 is 2.06 bits per heavy atom. The standard InChI is InChI=1S/C15H32N2O/c1-14(2,3)9-13(10-16)11-17-8-6-7-15(4,12-17)18-5/h13H,6-12,16H2,1-5H3. The lowest BCUT2D eigenvalue weighted by atomic mass is 9.84. The second-order valence-corrected chi connectivity index (χ2v) is 7.36. The monoisotopic (exact) mass is 256 g/mol. The van der Waals surface area contributed by atoms with Crippen LogP contribution in [0.1, 0.15) is 47.0 Å². The van der Waals surface area contributed by atoms with Crippen molar-refractivity contribution >= 4 is 0 Å². The maximum atomic E-state index is 5.94. The molecule has 1 aliphatic rings. The van der Waals surface area contributed by atoms with Crippen molar-refractivity contribution in [2.24, 2.45) is 17.1 Å². The van der Waals surface area contributed by atoms with Crippen molar-refractivity contribution in [1.29, 1.82) is 0 Å². The van der Waals surface area contributed by atoms with Crippen LogP contribution in [0.25, 0.3) is 0 Å². The Balaban J connectivity index is 2.49. The van der Waals surface area contributed by atoms with Crippen LogP contribution >= 0.6 is 0 Å². The van der Waals surface area contributed by atoms with Gasteiger partial charge in [-0.1, -0.05) is 20.8 Å². The highest BCUT2D eigenvalue weighted by Gasteiger charge is 2.31. The third kappa shape index (κ3) is 5.25. The summed E-state index contributed by atoms with van der Waals surface area (Å²) in [6.07, 6.45) is 3.60. The molecule has 3 heteroatoms. The molecule has 0 bridgehead atoms. The molecule has 18 heavy (non-hydrogen) atoms. The molecule has 2 N–H and O–H groups in total. The number of nitrogens with two attached hydrogens (primary N) is 1. The highest BCUT2D eigenvalue weighted by Crippen LogP contribution is 2.28. The van der Waals surface area contributed by atoms with E-state index in [1.807, 2.05) is 7.11 Å². The lowest BCUT2D eigenvalue weighted by molar-refractivity contribution is -0.0543. The van der Waals surface area contributed by atoms with Crippen LogP contribution in [-0.2, 0) is 4.74 Å². The van der Waals surface area contributed by atoms with Gasteiger partial charge in [0.15, 0.2) is 0 Å². The molecule has 0 aliphatic carbocycles. The van der Waals surface area contributed by atoms with Gasteiger partial charge < -0.3 is 15.4 Å². The molecule has 1 saturated heterocycles. The molecule has 0 saturated carbocycles. The minimum absolute atomic E-state index is 0.0408. The van der Waals surface area contributed by atoms with E-state index in [2.05, 4.69) is 32.6 Å². The predicted molar refractivity (Wildman–Crippen MR) is 77.7 cm³/mol. The molecule has 3 nitrogen and oxygen atoms in total. The van der Waals surface area contributed by atoms with Crippen LogP contribution < -0.4 is 5.73 Å². The Hall–Kier alpha value is -0.120. The van der Waals surface area contributed by atoms with Crippen molar-refractivity contribution in [1.82, 2.24) is 4.90 Å².